The van der Waals surface area contributed by atoms with Crippen LogP contribution < -0.4 is 10.2 Å². The molecule has 1 aliphatic carbocycles. The molecule has 5 heteroatoms. The highest BCUT2D eigenvalue weighted by Gasteiger charge is 2.27. The van der Waals surface area contributed by atoms with E-state index < -0.39 is 0 Å². The summed E-state index contributed by atoms with van der Waals surface area (Å²) in [6.45, 7) is 3.96. The molecule has 2 aliphatic rings. The maximum atomic E-state index is 9.42. The first-order valence-electron chi connectivity index (χ1n) is 9.08. The van der Waals surface area contributed by atoms with Gasteiger partial charge in [0.2, 0.25) is 0 Å². The summed E-state index contributed by atoms with van der Waals surface area (Å²) in [6.07, 6.45) is 6.51. The van der Waals surface area contributed by atoms with E-state index in [1.807, 2.05) is 24.4 Å². The van der Waals surface area contributed by atoms with E-state index in [4.69, 9.17) is 0 Å². The highest BCUT2D eigenvalue weighted by Crippen LogP contribution is 2.38. The fourth-order valence-corrected chi connectivity index (χ4v) is 3.51. The number of hydrogen-bond acceptors (Lipinski definition) is 5. The van der Waals surface area contributed by atoms with Crippen molar-refractivity contribution in [2.24, 2.45) is 0 Å². The molecule has 1 saturated heterocycles. The highest BCUT2D eigenvalue weighted by atomic mass is 15.2. The first-order chi connectivity index (χ1) is 12.2. The zero-order chi connectivity index (χ0) is 17.2. The monoisotopic (exact) mass is 333 g/mol. The summed E-state index contributed by atoms with van der Waals surface area (Å²) in [6, 6.07) is 10.7. The summed E-state index contributed by atoms with van der Waals surface area (Å²) in [5.41, 5.74) is 2.99. The standard InChI is InChI=1S/C20H23N5/c1-14-4-5-16(12-21)18(11-14)25-10-2-3-17(13-25)23-19-8-9-22-20(24-19)15-6-7-15/h4-5,8-9,11,15,17H,2-3,6-7,10,13H2,1H3,(H,22,23,24). The Morgan fingerprint density at radius 1 is 1.24 bits per heavy atom. The van der Waals surface area contributed by atoms with Crippen LogP contribution in [0.5, 0.6) is 0 Å². The number of piperidine rings is 1. The number of aryl methyl sites for hydroxylation is 1. The lowest BCUT2D eigenvalue weighted by atomic mass is 10.0. The van der Waals surface area contributed by atoms with E-state index in [0.29, 0.717) is 12.0 Å². The maximum Gasteiger partial charge on any atom is 0.133 e. The van der Waals surface area contributed by atoms with Crippen molar-refractivity contribution in [2.45, 2.75) is 44.6 Å². The van der Waals surface area contributed by atoms with Gasteiger partial charge in [0.25, 0.3) is 0 Å². The van der Waals surface area contributed by atoms with Crippen LogP contribution in [0.2, 0.25) is 0 Å². The van der Waals surface area contributed by atoms with Crippen molar-refractivity contribution >= 4 is 11.5 Å². The van der Waals surface area contributed by atoms with Gasteiger partial charge in [0, 0.05) is 31.2 Å². The highest BCUT2D eigenvalue weighted by molar-refractivity contribution is 5.61. The number of nitrogens with one attached hydrogen (secondary N) is 1. The fraction of sp³-hybridized carbons (Fsp3) is 0.450. The van der Waals surface area contributed by atoms with Gasteiger partial charge < -0.3 is 10.2 Å². The summed E-state index contributed by atoms with van der Waals surface area (Å²) in [5, 5.41) is 13.0. The van der Waals surface area contributed by atoms with E-state index >= 15 is 0 Å². The fourth-order valence-electron chi connectivity index (χ4n) is 3.51. The van der Waals surface area contributed by atoms with Crippen LogP contribution in [0.25, 0.3) is 0 Å². The number of aromatic nitrogens is 2. The van der Waals surface area contributed by atoms with Crippen molar-refractivity contribution in [3.05, 3.63) is 47.4 Å². The molecule has 1 saturated carbocycles. The van der Waals surface area contributed by atoms with E-state index in [1.165, 1.54) is 18.4 Å². The topological polar surface area (TPSA) is 64.8 Å². The molecular weight excluding hydrogens is 310 g/mol. The van der Waals surface area contributed by atoms with Crippen LogP contribution >= 0.6 is 0 Å². The normalized spacial score (nSPS) is 20.2. The van der Waals surface area contributed by atoms with Gasteiger partial charge in [-0.2, -0.15) is 5.26 Å². The minimum Gasteiger partial charge on any atom is -0.368 e. The van der Waals surface area contributed by atoms with Gasteiger partial charge >= 0.3 is 0 Å². The van der Waals surface area contributed by atoms with Crippen molar-refractivity contribution < 1.29 is 0 Å². The van der Waals surface area contributed by atoms with Crippen LogP contribution in [-0.4, -0.2) is 29.1 Å². The second-order valence-corrected chi connectivity index (χ2v) is 7.14. The molecule has 5 nitrogen and oxygen atoms in total. The lowest BCUT2D eigenvalue weighted by Crippen LogP contribution is -2.42. The summed E-state index contributed by atoms with van der Waals surface area (Å²) in [5.74, 6) is 2.46. The lowest BCUT2D eigenvalue weighted by molar-refractivity contribution is 0.528. The molecule has 1 aromatic heterocycles. The Balaban J connectivity index is 1.49. The summed E-state index contributed by atoms with van der Waals surface area (Å²) >= 11 is 0. The van der Waals surface area contributed by atoms with Gasteiger partial charge in [-0.3, -0.25) is 0 Å². The van der Waals surface area contributed by atoms with Gasteiger partial charge in [-0.25, -0.2) is 9.97 Å². The van der Waals surface area contributed by atoms with Crippen LogP contribution in [0, 0.1) is 18.3 Å². The van der Waals surface area contributed by atoms with Gasteiger partial charge in [-0.1, -0.05) is 6.07 Å². The summed E-state index contributed by atoms with van der Waals surface area (Å²) in [4.78, 5) is 11.4. The lowest BCUT2D eigenvalue weighted by Gasteiger charge is -2.35. The molecule has 1 unspecified atom stereocenters. The predicted molar refractivity (Wildman–Crippen MR) is 98.8 cm³/mol. The van der Waals surface area contributed by atoms with Crippen molar-refractivity contribution in [3.63, 3.8) is 0 Å². The van der Waals surface area contributed by atoms with E-state index in [1.54, 1.807) is 0 Å². The molecule has 1 atom stereocenters. The molecular formula is C20H23N5. The summed E-state index contributed by atoms with van der Waals surface area (Å²) < 4.78 is 0. The Morgan fingerprint density at radius 3 is 2.92 bits per heavy atom. The average Bonchev–Trinajstić information content (AvgIpc) is 3.47. The van der Waals surface area contributed by atoms with Crippen molar-refractivity contribution in [3.8, 4) is 6.07 Å². The number of nitrogens with zero attached hydrogens (tertiary/aromatic N) is 4. The molecule has 0 amide bonds. The van der Waals surface area contributed by atoms with Crippen LogP contribution in [0.3, 0.4) is 0 Å². The van der Waals surface area contributed by atoms with Gasteiger partial charge in [-0.15, -0.1) is 0 Å². The zero-order valence-electron chi connectivity index (χ0n) is 14.6. The first-order valence-corrected chi connectivity index (χ1v) is 9.08. The van der Waals surface area contributed by atoms with Crippen molar-refractivity contribution in [1.82, 2.24) is 9.97 Å². The first kappa shape index (κ1) is 15.9. The second-order valence-electron chi connectivity index (χ2n) is 7.14. The predicted octanol–water partition coefficient (Wildman–Crippen LogP) is 3.62. The molecule has 25 heavy (non-hydrogen) atoms. The van der Waals surface area contributed by atoms with Gasteiger partial charge in [-0.05, 0) is 56.4 Å². The van der Waals surface area contributed by atoms with E-state index in [2.05, 4.69) is 39.2 Å². The number of nitriles is 1. The number of benzene rings is 1. The third-order valence-corrected chi connectivity index (χ3v) is 5.00. The van der Waals surface area contributed by atoms with Gasteiger partial charge in [0.15, 0.2) is 0 Å². The van der Waals surface area contributed by atoms with Crippen molar-refractivity contribution in [2.75, 3.05) is 23.3 Å². The largest absolute Gasteiger partial charge is 0.368 e. The molecule has 0 bridgehead atoms. The quantitative estimate of drug-likeness (QED) is 0.926. The molecule has 4 rings (SSSR count). The molecule has 0 radical (unpaired) electrons. The van der Waals surface area contributed by atoms with Crippen LogP contribution in [-0.2, 0) is 0 Å². The van der Waals surface area contributed by atoms with Gasteiger partial charge in [0.05, 0.1) is 11.3 Å². The molecule has 0 spiro atoms. The average molecular weight is 333 g/mol. The molecule has 1 aliphatic heterocycles. The summed E-state index contributed by atoms with van der Waals surface area (Å²) in [7, 11) is 0. The second kappa shape index (κ2) is 6.72. The Morgan fingerprint density at radius 2 is 2.12 bits per heavy atom. The molecule has 2 fully saturated rings. The van der Waals surface area contributed by atoms with Crippen LogP contribution in [0.4, 0.5) is 11.5 Å². The Hall–Kier alpha value is -2.61. The minimum atomic E-state index is 0.336. The van der Waals surface area contributed by atoms with E-state index in [9.17, 15) is 5.26 Å². The third-order valence-electron chi connectivity index (χ3n) is 5.00. The molecule has 2 aromatic rings. The number of anilines is 2. The van der Waals surface area contributed by atoms with Crippen LogP contribution in [0.15, 0.2) is 30.5 Å². The van der Waals surface area contributed by atoms with Crippen LogP contribution in [0.1, 0.15) is 48.6 Å². The SMILES string of the molecule is Cc1ccc(C#N)c(N2CCCC(Nc3ccnc(C4CC4)n3)C2)c1. The molecule has 1 N–H and O–H groups in total. The Labute approximate surface area is 148 Å². The number of rotatable bonds is 4. The van der Waals surface area contributed by atoms with Crippen molar-refractivity contribution in [1.29, 1.82) is 5.26 Å². The minimum absolute atomic E-state index is 0.336. The Kier molecular flexibility index (Phi) is 4.27. The smallest absolute Gasteiger partial charge is 0.133 e. The van der Waals surface area contributed by atoms with E-state index in [-0.39, 0.29) is 0 Å². The maximum absolute atomic E-state index is 9.42. The molecule has 1 aromatic carbocycles. The zero-order valence-corrected chi connectivity index (χ0v) is 14.6. The van der Waals surface area contributed by atoms with E-state index in [0.717, 1.165) is 48.8 Å². The third kappa shape index (κ3) is 3.58. The Bertz CT molecular complexity index is 806. The van der Waals surface area contributed by atoms with Gasteiger partial charge in [0.1, 0.15) is 17.7 Å². The number of hydrogen-bond donors (Lipinski definition) is 1. The molecule has 128 valence electrons. The molecule has 2 heterocycles.